The van der Waals surface area contributed by atoms with Gasteiger partial charge in [0.05, 0.1) is 12.8 Å². The second kappa shape index (κ2) is 3.43. The van der Waals surface area contributed by atoms with Gasteiger partial charge in [0.1, 0.15) is 5.56 Å². The van der Waals surface area contributed by atoms with Crippen LogP contribution in [-0.2, 0) is 0 Å². The van der Waals surface area contributed by atoms with Gasteiger partial charge in [0.15, 0.2) is 5.75 Å². The lowest BCUT2D eigenvalue weighted by atomic mass is 10.2. The number of carboxylic acid groups (broad SMARTS) is 1. The Labute approximate surface area is 76.2 Å². The van der Waals surface area contributed by atoms with Gasteiger partial charge in [0, 0.05) is 5.69 Å². The van der Waals surface area contributed by atoms with Crippen molar-refractivity contribution in [2.75, 3.05) is 7.11 Å². The third-order valence-corrected chi connectivity index (χ3v) is 1.71. The highest BCUT2D eigenvalue weighted by Crippen LogP contribution is 2.22. The number of aromatic nitrogens is 1. The topological polar surface area (TPSA) is 59.4 Å². The predicted molar refractivity (Wildman–Crippen MR) is 47.2 cm³/mol. The van der Waals surface area contributed by atoms with Crippen LogP contribution in [0.5, 0.6) is 5.75 Å². The number of methoxy groups -OCH3 is 1. The SMILES string of the molecule is COc1c(C(=O)O)cc(C)nc1C. The zero-order valence-corrected chi connectivity index (χ0v) is 7.79. The minimum absolute atomic E-state index is 0.160. The number of nitrogens with zero attached hydrogens (tertiary/aromatic N) is 1. The van der Waals surface area contributed by atoms with E-state index in [4.69, 9.17) is 9.84 Å². The third kappa shape index (κ3) is 1.77. The molecule has 1 heterocycles. The summed E-state index contributed by atoms with van der Waals surface area (Å²) in [5.74, 6) is -0.663. The maximum absolute atomic E-state index is 10.8. The molecule has 70 valence electrons. The largest absolute Gasteiger partial charge is 0.494 e. The van der Waals surface area contributed by atoms with Gasteiger partial charge in [-0.1, -0.05) is 0 Å². The highest BCUT2D eigenvalue weighted by atomic mass is 16.5. The molecule has 13 heavy (non-hydrogen) atoms. The quantitative estimate of drug-likeness (QED) is 0.749. The number of carbonyl (C=O) groups is 1. The van der Waals surface area contributed by atoms with Crippen LogP contribution in [0.1, 0.15) is 21.7 Å². The molecule has 1 aromatic heterocycles. The fourth-order valence-corrected chi connectivity index (χ4v) is 1.23. The Hall–Kier alpha value is -1.58. The van der Waals surface area contributed by atoms with E-state index in [2.05, 4.69) is 4.98 Å². The van der Waals surface area contributed by atoms with Crippen LogP contribution in [0.25, 0.3) is 0 Å². The summed E-state index contributed by atoms with van der Waals surface area (Å²) in [5, 5.41) is 8.84. The Bertz CT molecular complexity index is 347. The van der Waals surface area contributed by atoms with Gasteiger partial charge in [0.25, 0.3) is 0 Å². The van der Waals surface area contributed by atoms with Crippen molar-refractivity contribution in [3.05, 3.63) is 23.0 Å². The first-order valence-corrected chi connectivity index (χ1v) is 3.81. The van der Waals surface area contributed by atoms with E-state index in [1.54, 1.807) is 13.8 Å². The number of hydrogen-bond donors (Lipinski definition) is 1. The summed E-state index contributed by atoms with van der Waals surface area (Å²) in [7, 11) is 1.44. The second-order valence-corrected chi connectivity index (χ2v) is 2.74. The summed E-state index contributed by atoms with van der Waals surface area (Å²) < 4.78 is 4.95. The number of ether oxygens (including phenoxy) is 1. The van der Waals surface area contributed by atoms with Crippen molar-refractivity contribution in [3.63, 3.8) is 0 Å². The second-order valence-electron chi connectivity index (χ2n) is 2.74. The van der Waals surface area contributed by atoms with Crippen LogP contribution < -0.4 is 4.74 Å². The van der Waals surface area contributed by atoms with E-state index in [1.165, 1.54) is 13.2 Å². The van der Waals surface area contributed by atoms with Crippen LogP contribution in [-0.4, -0.2) is 23.2 Å². The van der Waals surface area contributed by atoms with E-state index >= 15 is 0 Å². The standard InChI is InChI=1S/C9H11NO3/c1-5-4-7(9(11)12)8(13-3)6(2)10-5/h4H,1-3H3,(H,11,12). The molecule has 4 heteroatoms. The molecule has 0 radical (unpaired) electrons. The van der Waals surface area contributed by atoms with E-state index in [0.717, 1.165) is 0 Å². The van der Waals surface area contributed by atoms with E-state index in [0.29, 0.717) is 17.1 Å². The first-order valence-electron chi connectivity index (χ1n) is 3.81. The summed E-state index contributed by atoms with van der Waals surface area (Å²) >= 11 is 0. The fraction of sp³-hybridized carbons (Fsp3) is 0.333. The summed E-state index contributed by atoms with van der Waals surface area (Å²) in [6.45, 7) is 3.47. The normalized spacial score (nSPS) is 9.77. The van der Waals surface area contributed by atoms with Gasteiger partial charge >= 0.3 is 5.97 Å². The smallest absolute Gasteiger partial charge is 0.339 e. The van der Waals surface area contributed by atoms with Crippen LogP contribution in [0.2, 0.25) is 0 Å². The third-order valence-electron chi connectivity index (χ3n) is 1.71. The van der Waals surface area contributed by atoms with Gasteiger partial charge in [-0.3, -0.25) is 4.98 Å². The Kier molecular flexibility index (Phi) is 2.51. The molecule has 0 spiro atoms. The van der Waals surface area contributed by atoms with E-state index < -0.39 is 5.97 Å². The maximum Gasteiger partial charge on any atom is 0.339 e. The Morgan fingerprint density at radius 2 is 2.15 bits per heavy atom. The van der Waals surface area contributed by atoms with Gasteiger partial charge in [0.2, 0.25) is 0 Å². The molecular weight excluding hydrogens is 170 g/mol. The molecule has 0 saturated heterocycles. The molecule has 0 aliphatic heterocycles. The lowest BCUT2D eigenvalue weighted by Gasteiger charge is -2.08. The van der Waals surface area contributed by atoms with Crippen LogP contribution in [0, 0.1) is 13.8 Å². The molecule has 1 aromatic rings. The van der Waals surface area contributed by atoms with Crippen LogP contribution in [0.4, 0.5) is 0 Å². The molecule has 0 saturated carbocycles. The van der Waals surface area contributed by atoms with Crippen molar-refractivity contribution >= 4 is 5.97 Å². The maximum atomic E-state index is 10.8. The molecule has 0 unspecified atom stereocenters. The number of pyridine rings is 1. The summed E-state index contributed by atoms with van der Waals surface area (Å²) in [4.78, 5) is 14.9. The van der Waals surface area contributed by atoms with Gasteiger partial charge in [-0.15, -0.1) is 0 Å². The predicted octanol–water partition coefficient (Wildman–Crippen LogP) is 1.41. The lowest BCUT2D eigenvalue weighted by Crippen LogP contribution is -2.04. The number of hydrogen-bond acceptors (Lipinski definition) is 3. The Morgan fingerprint density at radius 1 is 1.54 bits per heavy atom. The molecule has 0 amide bonds. The molecule has 0 bridgehead atoms. The van der Waals surface area contributed by atoms with Crippen molar-refractivity contribution in [2.24, 2.45) is 0 Å². The van der Waals surface area contributed by atoms with E-state index in [-0.39, 0.29) is 5.56 Å². The Morgan fingerprint density at radius 3 is 2.62 bits per heavy atom. The van der Waals surface area contributed by atoms with Crippen molar-refractivity contribution in [1.82, 2.24) is 4.98 Å². The lowest BCUT2D eigenvalue weighted by molar-refractivity contribution is 0.0693. The summed E-state index contributed by atoms with van der Waals surface area (Å²) in [5.41, 5.74) is 1.43. The molecule has 1 N–H and O–H groups in total. The molecule has 0 fully saturated rings. The monoisotopic (exact) mass is 181 g/mol. The highest BCUT2D eigenvalue weighted by molar-refractivity contribution is 5.91. The Balaban J connectivity index is 3.38. The number of aryl methyl sites for hydroxylation is 2. The molecule has 0 aliphatic carbocycles. The molecule has 0 aromatic carbocycles. The minimum Gasteiger partial charge on any atom is -0.494 e. The summed E-state index contributed by atoms with van der Waals surface area (Å²) in [6.07, 6.45) is 0. The minimum atomic E-state index is -0.995. The highest BCUT2D eigenvalue weighted by Gasteiger charge is 2.14. The molecule has 0 atom stereocenters. The molecule has 1 rings (SSSR count). The number of carboxylic acids is 1. The molecule has 0 aliphatic rings. The zero-order valence-electron chi connectivity index (χ0n) is 7.79. The van der Waals surface area contributed by atoms with Crippen LogP contribution in [0.15, 0.2) is 6.07 Å². The van der Waals surface area contributed by atoms with Crippen LogP contribution in [0.3, 0.4) is 0 Å². The van der Waals surface area contributed by atoms with E-state index in [9.17, 15) is 4.79 Å². The fourth-order valence-electron chi connectivity index (χ4n) is 1.23. The zero-order chi connectivity index (χ0) is 10.0. The van der Waals surface area contributed by atoms with Gasteiger partial charge in [-0.2, -0.15) is 0 Å². The average molecular weight is 181 g/mol. The van der Waals surface area contributed by atoms with Crippen LogP contribution >= 0.6 is 0 Å². The number of aromatic carboxylic acids is 1. The van der Waals surface area contributed by atoms with Crippen molar-refractivity contribution in [1.29, 1.82) is 0 Å². The van der Waals surface area contributed by atoms with E-state index in [1.807, 2.05) is 0 Å². The van der Waals surface area contributed by atoms with Gasteiger partial charge < -0.3 is 9.84 Å². The number of rotatable bonds is 2. The molecular formula is C9H11NO3. The van der Waals surface area contributed by atoms with Crippen molar-refractivity contribution in [3.8, 4) is 5.75 Å². The van der Waals surface area contributed by atoms with Gasteiger partial charge in [-0.05, 0) is 19.9 Å². The molecule has 4 nitrogen and oxygen atoms in total. The first-order chi connectivity index (χ1) is 6.06. The van der Waals surface area contributed by atoms with Crippen molar-refractivity contribution < 1.29 is 14.6 Å². The average Bonchev–Trinajstić information content (AvgIpc) is 2.02. The first kappa shape index (κ1) is 9.51. The summed E-state index contributed by atoms with van der Waals surface area (Å²) in [6, 6.07) is 1.49. The van der Waals surface area contributed by atoms with Gasteiger partial charge in [-0.25, -0.2) is 4.79 Å². The van der Waals surface area contributed by atoms with Crippen molar-refractivity contribution in [2.45, 2.75) is 13.8 Å².